The fourth-order valence-electron chi connectivity index (χ4n) is 4.03. The fourth-order valence-corrected chi connectivity index (χ4v) is 4.03. The maximum Gasteiger partial charge on any atom is 0.269 e. The number of carbonyl (C=O) groups excluding carboxylic acids is 1. The molecule has 0 spiro atoms. The number of rotatable bonds is 3. The first-order valence-electron chi connectivity index (χ1n) is 8.94. The number of likely N-dealkylation sites (tertiary alicyclic amines) is 1. The van der Waals surface area contributed by atoms with E-state index >= 15 is 0 Å². The molecule has 0 saturated carbocycles. The molecular weight excluding hydrogens is 330 g/mol. The average Bonchev–Trinajstić information content (AvgIpc) is 3.06. The summed E-state index contributed by atoms with van der Waals surface area (Å²) in [7, 11) is 0. The standard InChI is InChI=1S/C20H21N3O3/c1-13-4-9-17-16(11-13)19(22-10-2-3-20(22)24)12-18(21-17)14-5-7-15(8-6-14)23(25)26/h4-9,11,18-19,21H,2-3,10,12H2,1H3/t18-,19-/m0/s1. The Kier molecular flexibility index (Phi) is 4.11. The molecule has 6 nitrogen and oxygen atoms in total. The van der Waals surface area contributed by atoms with Crippen molar-refractivity contribution in [3.8, 4) is 0 Å². The molecule has 4 rings (SSSR count). The molecule has 2 atom stereocenters. The molecule has 2 aromatic rings. The summed E-state index contributed by atoms with van der Waals surface area (Å²) in [6.07, 6.45) is 2.29. The number of hydrogen-bond acceptors (Lipinski definition) is 4. The first kappa shape index (κ1) is 16.6. The van der Waals surface area contributed by atoms with E-state index in [1.807, 2.05) is 4.90 Å². The molecule has 0 radical (unpaired) electrons. The molecule has 0 aromatic heterocycles. The predicted molar refractivity (Wildman–Crippen MR) is 98.9 cm³/mol. The van der Waals surface area contributed by atoms with Crippen molar-refractivity contribution in [3.05, 3.63) is 69.3 Å². The van der Waals surface area contributed by atoms with Gasteiger partial charge in [0.05, 0.1) is 17.0 Å². The third-order valence-electron chi connectivity index (χ3n) is 5.35. The number of aryl methyl sites for hydroxylation is 1. The van der Waals surface area contributed by atoms with E-state index in [1.165, 1.54) is 23.3 Å². The number of nitro groups is 1. The van der Waals surface area contributed by atoms with Crippen LogP contribution in [-0.4, -0.2) is 22.3 Å². The van der Waals surface area contributed by atoms with Crippen molar-refractivity contribution in [1.82, 2.24) is 4.90 Å². The summed E-state index contributed by atoms with van der Waals surface area (Å²) in [5.74, 6) is 0.215. The Morgan fingerprint density at radius 3 is 2.62 bits per heavy atom. The van der Waals surface area contributed by atoms with Gasteiger partial charge in [0, 0.05) is 30.8 Å². The largest absolute Gasteiger partial charge is 0.378 e. The number of nitrogens with zero attached hydrogens (tertiary/aromatic N) is 2. The Morgan fingerprint density at radius 1 is 1.19 bits per heavy atom. The first-order chi connectivity index (χ1) is 12.5. The van der Waals surface area contributed by atoms with E-state index in [2.05, 4.69) is 30.4 Å². The van der Waals surface area contributed by atoms with E-state index in [9.17, 15) is 14.9 Å². The van der Waals surface area contributed by atoms with Crippen LogP contribution in [0.4, 0.5) is 11.4 Å². The van der Waals surface area contributed by atoms with Gasteiger partial charge in [-0.3, -0.25) is 14.9 Å². The van der Waals surface area contributed by atoms with E-state index in [1.54, 1.807) is 12.1 Å². The minimum absolute atomic E-state index is 0.0180. The van der Waals surface area contributed by atoms with Gasteiger partial charge in [-0.25, -0.2) is 0 Å². The van der Waals surface area contributed by atoms with Gasteiger partial charge >= 0.3 is 0 Å². The summed E-state index contributed by atoms with van der Waals surface area (Å²) in [6.45, 7) is 2.86. The molecule has 0 bridgehead atoms. The zero-order valence-electron chi connectivity index (χ0n) is 14.6. The molecule has 1 N–H and O–H groups in total. The van der Waals surface area contributed by atoms with Crippen molar-refractivity contribution in [2.24, 2.45) is 0 Å². The van der Waals surface area contributed by atoms with Crippen molar-refractivity contribution in [2.75, 3.05) is 11.9 Å². The van der Waals surface area contributed by atoms with E-state index in [0.29, 0.717) is 6.42 Å². The number of fused-ring (bicyclic) bond motifs is 1. The van der Waals surface area contributed by atoms with Gasteiger partial charge in [0.25, 0.3) is 5.69 Å². The van der Waals surface area contributed by atoms with E-state index < -0.39 is 0 Å². The second-order valence-corrected chi connectivity index (χ2v) is 7.08. The van der Waals surface area contributed by atoms with Crippen molar-refractivity contribution in [2.45, 2.75) is 38.3 Å². The lowest BCUT2D eigenvalue weighted by Gasteiger charge is -2.38. The second-order valence-electron chi connectivity index (χ2n) is 7.08. The van der Waals surface area contributed by atoms with Crippen LogP contribution in [-0.2, 0) is 4.79 Å². The van der Waals surface area contributed by atoms with Crippen LogP contribution in [0.1, 0.15) is 48.0 Å². The molecule has 134 valence electrons. The van der Waals surface area contributed by atoms with Crippen LogP contribution in [0.2, 0.25) is 0 Å². The summed E-state index contributed by atoms with van der Waals surface area (Å²) < 4.78 is 0. The number of non-ortho nitro benzene ring substituents is 1. The van der Waals surface area contributed by atoms with Crippen molar-refractivity contribution in [3.63, 3.8) is 0 Å². The molecule has 2 aromatic carbocycles. The summed E-state index contributed by atoms with van der Waals surface area (Å²) >= 11 is 0. The molecular formula is C20H21N3O3. The number of nitro benzene ring substituents is 1. The van der Waals surface area contributed by atoms with Crippen LogP contribution in [0.25, 0.3) is 0 Å². The molecule has 26 heavy (non-hydrogen) atoms. The van der Waals surface area contributed by atoms with Crippen LogP contribution in [0.15, 0.2) is 42.5 Å². The van der Waals surface area contributed by atoms with Crippen LogP contribution in [0.3, 0.4) is 0 Å². The van der Waals surface area contributed by atoms with Gasteiger partial charge in [-0.15, -0.1) is 0 Å². The van der Waals surface area contributed by atoms with Crippen LogP contribution in [0, 0.1) is 17.0 Å². The molecule has 6 heteroatoms. The maximum absolute atomic E-state index is 12.4. The molecule has 1 amide bonds. The molecule has 1 saturated heterocycles. The fraction of sp³-hybridized carbons (Fsp3) is 0.350. The number of amides is 1. The van der Waals surface area contributed by atoms with Gasteiger partial charge in [0.15, 0.2) is 0 Å². The Bertz CT molecular complexity index is 863. The lowest BCUT2D eigenvalue weighted by atomic mass is 9.87. The highest BCUT2D eigenvalue weighted by Crippen LogP contribution is 2.43. The Hall–Kier alpha value is -2.89. The smallest absolute Gasteiger partial charge is 0.269 e. The second kappa shape index (κ2) is 6.44. The minimum atomic E-state index is -0.387. The third kappa shape index (κ3) is 2.92. The number of hydrogen-bond donors (Lipinski definition) is 1. The number of anilines is 1. The Labute approximate surface area is 152 Å². The topological polar surface area (TPSA) is 75.5 Å². The van der Waals surface area contributed by atoms with Crippen LogP contribution in [0.5, 0.6) is 0 Å². The molecule has 0 unspecified atom stereocenters. The van der Waals surface area contributed by atoms with Gasteiger partial charge in [-0.1, -0.05) is 29.8 Å². The summed E-state index contributed by atoms with van der Waals surface area (Å²) in [5.41, 5.74) is 4.47. The van der Waals surface area contributed by atoms with Gasteiger partial charge in [0.2, 0.25) is 5.91 Å². The monoisotopic (exact) mass is 351 g/mol. The zero-order valence-corrected chi connectivity index (χ0v) is 14.6. The number of carbonyl (C=O) groups is 1. The van der Waals surface area contributed by atoms with E-state index in [0.717, 1.165) is 30.6 Å². The normalized spacial score (nSPS) is 22.0. The Morgan fingerprint density at radius 2 is 1.96 bits per heavy atom. The molecule has 2 aliphatic rings. The molecule has 2 heterocycles. The zero-order chi connectivity index (χ0) is 18.3. The van der Waals surface area contributed by atoms with Crippen LogP contribution < -0.4 is 5.32 Å². The highest BCUT2D eigenvalue weighted by atomic mass is 16.6. The van der Waals surface area contributed by atoms with E-state index in [4.69, 9.17) is 0 Å². The lowest BCUT2D eigenvalue weighted by molar-refractivity contribution is -0.384. The van der Waals surface area contributed by atoms with E-state index in [-0.39, 0.29) is 28.6 Å². The molecule has 1 fully saturated rings. The highest BCUT2D eigenvalue weighted by Gasteiger charge is 2.35. The van der Waals surface area contributed by atoms with Crippen molar-refractivity contribution in [1.29, 1.82) is 0 Å². The first-order valence-corrected chi connectivity index (χ1v) is 8.94. The van der Waals surface area contributed by atoms with Gasteiger partial charge in [0.1, 0.15) is 0 Å². The lowest BCUT2D eigenvalue weighted by Crippen LogP contribution is -2.35. The maximum atomic E-state index is 12.4. The Balaban J connectivity index is 1.69. The van der Waals surface area contributed by atoms with Crippen molar-refractivity contribution < 1.29 is 9.72 Å². The van der Waals surface area contributed by atoms with Gasteiger partial charge in [-0.05, 0) is 37.0 Å². The van der Waals surface area contributed by atoms with Gasteiger partial charge in [-0.2, -0.15) is 0 Å². The number of benzene rings is 2. The molecule has 2 aliphatic heterocycles. The predicted octanol–water partition coefficient (Wildman–Crippen LogP) is 4.12. The minimum Gasteiger partial charge on any atom is -0.378 e. The SMILES string of the molecule is Cc1ccc2c(c1)[C@@H](N1CCCC1=O)C[C@@H](c1ccc([N+](=O)[O-])cc1)N2. The van der Waals surface area contributed by atoms with Crippen molar-refractivity contribution >= 4 is 17.3 Å². The quantitative estimate of drug-likeness (QED) is 0.666. The van der Waals surface area contributed by atoms with Crippen LogP contribution >= 0.6 is 0 Å². The summed E-state index contributed by atoms with van der Waals surface area (Å²) in [5, 5.41) is 14.4. The molecule has 0 aliphatic carbocycles. The summed E-state index contributed by atoms with van der Waals surface area (Å²) in [4.78, 5) is 24.9. The summed E-state index contributed by atoms with van der Waals surface area (Å²) in [6, 6.07) is 13.0. The van der Waals surface area contributed by atoms with Gasteiger partial charge < -0.3 is 10.2 Å². The highest BCUT2D eigenvalue weighted by molar-refractivity contribution is 5.79. The average molecular weight is 351 g/mol. The third-order valence-corrected chi connectivity index (χ3v) is 5.35. The number of nitrogens with one attached hydrogen (secondary N) is 1.